The van der Waals surface area contributed by atoms with Crippen molar-refractivity contribution in [2.45, 2.75) is 24.8 Å². The van der Waals surface area contributed by atoms with E-state index in [0.717, 1.165) is 17.0 Å². The highest BCUT2D eigenvalue weighted by atomic mass is 32.2. The lowest BCUT2D eigenvalue weighted by Gasteiger charge is -2.23. The van der Waals surface area contributed by atoms with Crippen molar-refractivity contribution < 1.29 is 27.1 Å². The second-order valence-corrected chi connectivity index (χ2v) is 8.54. The number of nitrogens with zero attached hydrogens (tertiary/aromatic N) is 2. The summed E-state index contributed by atoms with van der Waals surface area (Å²) in [6, 6.07) is 13.6. The Hall–Kier alpha value is -3.29. The summed E-state index contributed by atoms with van der Waals surface area (Å²) in [7, 11) is -4.35. The molecule has 0 aliphatic heterocycles. The first-order chi connectivity index (χ1) is 14.7. The number of amides is 1. The fraction of sp³-hybridized carbons (Fsp3) is 0.286. The largest absolute Gasteiger partial charge is 0.454 e. The zero-order chi connectivity index (χ0) is 23.0. The Morgan fingerprint density at radius 3 is 2.32 bits per heavy atom. The third-order valence-corrected chi connectivity index (χ3v) is 5.74. The minimum Gasteiger partial charge on any atom is -0.454 e. The first-order valence-electron chi connectivity index (χ1n) is 9.33. The highest BCUT2D eigenvalue weighted by Crippen LogP contribution is 2.17. The standard InChI is InChI=1S/C21H22FN3O5S/c1-15(2)20(24-31(28,29)18-11-7-6-10-17(18)22)21(27)30-14-19(26)25(13-12-23)16-8-4-3-5-9-16/h3-11,15,20,24H,13-14H2,1-2H3/t20-/m0/s1. The van der Waals surface area contributed by atoms with Gasteiger partial charge in [-0.05, 0) is 30.2 Å². The van der Waals surface area contributed by atoms with E-state index in [9.17, 15) is 22.4 Å². The Kier molecular flexibility index (Phi) is 8.24. The van der Waals surface area contributed by atoms with Crippen LogP contribution in [0.15, 0.2) is 59.5 Å². The van der Waals surface area contributed by atoms with Gasteiger partial charge in [-0.3, -0.25) is 14.5 Å². The van der Waals surface area contributed by atoms with Gasteiger partial charge >= 0.3 is 5.97 Å². The molecule has 0 spiro atoms. The molecular weight excluding hydrogens is 425 g/mol. The molecule has 0 heterocycles. The van der Waals surface area contributed by atoms with Crippen molar-refractivity contribution in [3.63, 3.8) is 0 Å². The third kappa shape index (κ3) is 6.34. The Bertz CT molecular complexity index is 1070. The first kappa shape index (κ1) is 24.0. The lowest BCUT2D eigenvalue weighted by atomic mass is 10.1. The van der Waals surface area contributed by atoms with Crippen LogP contribution in [0, 0.1) is 23.1 Å². The summed E-state index contributed by atoms with van der Waals surface area (Å²) >= 11 is 0. The summed E-state index contributed by atoms with van der Waals surface area (Å²) in [5.41, 5.74) is 0.450. The normalized spacial score (nSPS) is 12.1. The lowest BCUT2D eigenvalue weighted by molar-refractivity contribution is -0.150. The summed E-state index contributed by atoms with van der Waals surface area (Å²) in [6.45, 7) is 2.20. The molecule has 164 valence electrons. The van der Waals surface area contributed by atoms with Gasteiger partial charge in [0.2, 0.25) is 10.0 Å². The molecule has 1 N–H and O–H groups in total. The fourth-order valence-corrected chi connectivity index (χ4v) is 4.06. The Labute approximate surface area is 180 Å². The number of hydrogen-bond donors (Lipinski definition) is 1. The van der Waals surface area contributed by atoms with Crippen LogP contribution in [0.3, 0.4) is 0 Å². The highest BCUT2D eigenvalue weighted by Gasteiger charge is 2.31. The molecule has 0 fully saturated rings. The summed E-state index contributed by atoms with van der Waals surface area (Å²) in [5.74, 6) is -3.15. The zero-order valence-electron chi connectivity index (χ0n) is 17.0. The predicted octanol–water partition coefficient (Wildman–Crippen LogP) is 2.23. The van der Waals surface area contributed by atoms with Crippen molar-refractivity contribution in [2.75, 3.05) is 18.1 Å². The van der Waals surface area contributed by atoms with Gasteiger partial charge < -0.3 is 4.74 Å². The molecule has 10 heteroatoms. The van der Waals surface area contributed by atoms with E-state index in [0.29, 0.717) is 5.69 Å². The van der Waals surface area contributed by atoms with Gasteiger partial charge in [0.1, 0.15) is 23.3 Å². The van der Waals surface area contributed by atoms with Crippen LogP contribution in [0.5, 0.6) is 0 Å². The number of nitrogens with one attached hydrogen (secondary N) is 1. The van der Waals surface area contributed by atoms with E-state index in [-0.39, 0.29) is 6.54 Å². The van der Waals surface area contributed by atoms with Crippen molar-refractivity contribution in [1.29, 1.82) is 5.26 Å². The number of hydrogen-bond acceptors (Lipinski definition) is 6. The molecule has 0 aromatic heterocycles. The molecule has 0 aliphatic rings. The van der Waals surface area contributed by atoms with Gasteiger partial charge in [-0.25, -0.2) is 12.8 Å². The average molecular weight is 447 g/mol. The van der Waals surface area contributed by atoms with Crippen LogP contribution in [0.1, 0.15) is 13.8 Å². The Morgan fingerprint density at radius 1 is 1.13 bits per heavy atom. The molecule has 1 amide bonds. The average Bonchev–Trinajstić information content (AvgIpc) is 2.74. The summed E-state index contributed by atoms with van der Waals surface area (Å²) < 4.78 is 46.1. The van der Waals surface area contributed by atoms with Crippen LogP contribution >= 0.6 is 0 Å². The van der Waals surface area contributed by atoms with Crippen LogP contribution in [-0.2, 0) is 24.3 Å². The SMILES string of the molecule is CC(C)[C@H](NS(=O)(=O)c1ccccc1F)C(=O)OCC(=O)N(CC#N)c1ccccc1. The van der Waals surface area contributed by atoms with E-state index < -0.39 is 51.2 Å². The van der Waals surface area contributed by atoms with Gasteiger partial charge in [0, 0.05) is 5.69 Å². The molecule has 2 aromatic carbocycles. The molecule has 2 rings (SSSR count). The number of ether oxygens (including phenoxy) is 1. The highest BCUT2D eigenvalue weighted by molar-refractivity contribution is 7.89. The summed E-state index contributed by atoms with van der Waals surface area (Å²) in [5, 5.41) is 8.98. The Morgan fingerprint density at radius 2 is 1.74 bits per heavy atom. The number of halogens is 1. The van der Waals surface area contributed by atoms with E-state index in [4.69, 9.17) is 10.00 Å². The molecule has 0 unspecified atom stereocenters. The van der Waals surface area contributed by atoms with Crippen LogP contribution in [0.25, 0.3) is 0 Å². The maximum atomic E-state index is 13.9. The van der Waals surface area contributed by atoms with Gasteiger partial charge in [-0.1, -0.05) is 44.2 Å². The number of nitriles is 1. The van der Waals surface area contributed by atoms with E-state index in [2.05, 4.69) is 4.72 Å². The second kappa shape index (κ2) is 10.7. The summed E-state index contributed by atoms with van der Waals surface area (Å²) in [6.07, 6.45) is 0. The number of rotatable bonds is 9. The molecular formula is C21H22FN3O5S. The number of anilines is 1. The number of esters is 1. The first-order valence-corrected chi connectivity index (χ1v) is 10.8. The van der Waals surface area contributed by atoms with E-state index >= 15 is 0 Å². The quantitative estimate of drug-likeness (QED) is 0.465. The molecule has 0 aliphatic carbocycles. The molecule has 31 heavy (non-hydrogen) atoms. The maximum Gasteiger partial charge on any atom is 0.324 e. The molecule has 0 bridgehead atoms. The van der Waals surface area contributed by atoms with Gasteiger partial charge in [-0.15, -0.1) is 0 Å². The van der Waals surface area contributed by atoms with Gasteiger partial charge in [0.15, 0.2) is 6.61 Å². The Balaban J connectivity index is 2.11. The van der Waals surface area contributed by atoms with Crippen molar-refractivity contribution >= 4 is 27.6 Å². The van der Waals surface area contributed by atoms with Crippen LogP contribution in [0.2, 0.25) is 0 Å². The van der Waals surface area contributed by atoms with Gasteiger partial charge in [-0.2, -0.15) is 9.98 Å². The number of carbonyl (C=O) groups excluding carboxylic acids is 2. The molecule has 0 saturated heterocycles. The van der Waals surface area contributed by atoms with Crippen LogP contribution < -0.4 is 9.62 Å². The number of sulfonamides is 1. The van der Waals surface area contributed by atoms with Gasteiger partial charge in [0.05, 0.1) is 6.07 Å². The lowest BCUT2D eigenvalue weighted by Crippen LogP contribution is -2.46. The molecule has 0 saturated carbocycles. The molecule has 2 aromatic rings. The topological polar surface area (TPSA) is 117 Å². The minimum absolute atomic E-state index is 0.256. The van der Waals surface area contributed by atoms with E-state index in [1.807, 2.05) is 6.07 Å². The van der Waals surface area contributed by atoms with Crippen LogP contribution in [-0.4, -0.2) is 39.5 Å². The fourth-order valence-electron chi connectivity index (χ4n) is 2.65. The zero-order valence-corrected chi connectivity index (χ0v) is 17.8. The van der Waals surface area contributed by atoms with Gasteiger partial charge in [0.25, 0.3) is 5.91 Å². The van der Waals surface area contributed by atoms with Crippen molar-refractivity contribution in [3.8, 4) is 6.07 Å². The molecule has 0 radical (unpaired) electrons. The maximum absolute atomic E-state index is 13.9. The number of benzene rings is 2. The predicted molar refractivity (Wildman–Crippen MR) is 111 cm³/mol. The number of carbonyl (C=O) groups is 2. The molecule has 8 nitrogen and oxygen atoms in total. The summed E-state index contributed by atoms with van der Waals surface area (Å²) in [4.78, 5) is 25.5. The smallest absolute Gasteiger partial charge is 0.324 e. The monoisotopic (exact) mass is 447 g/mol. The third-order valence-electron chi connectivity index (χ3n) is 4.26. The molecule has 1 atom stereocenters. The van der Waals surface area contributed by atoms with E-state index in [1.54, 1.807) is 44.2 Å². The van der Waals surface area contributed by atoms with E-state index in [1.165, 1.54) is 12.1 Å². The number of para-hydroxylation sites is 1. The van der Waals surface area contributed by atoms with Crippen LogP contribution in [0.4, 0.5) is 10.1 Å². The van der Waals surface area contributed by atoms with Crippen molar-refractivity contribution in [1.82, 2.24) is 4.72 Å². The van der Waals surface area contributed by atoms with Crippen molar-refractivity contribution in [2.24, 2.45) is 5.92 Å². The second-order valence-electron chi connectivity index (χ2n) is 6.85. The minimum atomic E-state index is -4.35. The van der Waals surface area contributed by atoms with Crippen molar-refractivity contribution in [3.05, 3.63) is 60.4 Å².